The molecule has 0 aromatic heterocycles. The Morgan fingerprint density at radius 3 is 2.89 bits per heavy atom. The average molecular weight is 326 g/mol. The zero-order valence-electron chi connectivity index (χ0n) is 11.5. The number of carbonyl (C=O) groups is 1. The fraction of sp³-hybridized carbons (Fsp3) is 0.533. The van der Waals surface area contributed by atoms with Crippen LogP contribution >= 0.6 is 15.9 Å². The van der Waals surface area contributed by atoms with Gasteiger partial charge in [-0.3, -0.25) is 4.90 Å². The summed E-state index contributed by atoms with van der Waals surface area (Å²) in [4.78, 5) is 14.0. The van der Waals surface area contributed by atoms with E-state index in [4.69, 9.17) is 4.74 Å². The highest BCUT2D eigenvalue weighted by molar-refractivity contribution is 9.10. The summed E-state index contributed by atoms with van der Waals surface area (Å²) in [7, 11) is 1.40. The van der Waals surface area contributed by atoms with E-state index in [0.717, 1.165) is 17.6 Å². The largest absolute Gasteiger partial charge is 0.465 e. The highest BCUT2D eigenvalue weighted by atomic mass is 79.9. The summed E-state index contributed by atoms with van der Waals surface area (Å²) in [6.45, 7) is 4.40. The van der Waals surface area contributed by atoms with Crippen molar-refractivity contribution in [3.63, 3.8) is 0 Å². The van der Waals surface area contributed by atoms with E-state index in [0.29, 0.717) is 11.6 Å². The lowest BCUT2D eigenvalue weighted by molar-refractivity contribution is 0.0599. The number of hydrogen-bond acceptors (Lipinski definition) is 3. The Kier molecular flexibility index (Phi) is 4.99. The molecule has 4 heteroatoms. The molecule has 19 heavy (non-hydrogen) atoms. The summed E-state index contributed by atoms with van der Waals surface area (Å²) in [6.07, 6.45) is 3.90. The minimum Gasteiger partial charge on any atom is -0.465 e. The Balaban J connectivity index is 2.09. The van der Waals surface area contributed by atoms with Crippen LogP contribution in [0.25, 0.3) is 0 Å². The minimum absolute atomic E-state index is 0.301. The second-order valence-electron chi connectivity index (χ2n) is 5.12. The first-order valence-electron chi connectivity index (χ1n) is 6.72. The Bertz CT molecular complexity index is 461. The molecule has 2 rings (SSSR count). The molecular weight excluding hydrogens is 306 g/mol. The monoisotopic (exact) mass is 325 g/mol. The van der Waals surface area contributed by atoms with E-state index in [1.807, 2.05) is 18.2 Å². The molecule has 0 saturated carbocycles. The predicted molar refractivity (Wildman–Crippen MR) is 79.2 cm³/mol. The number of nitrogens with zero attached hydrogens (tertiary/aromatic N) is 1. The van der Waals surface area contributed by atoms with Crippen molar-refractivity contribution in [2.45, 2.75) is 38.8 Å². The molecule has 1 aromatic rings. The highest BCUT2D eigenvalue weighted by Gasteiger charge is 2.19. The number of methoxy groups -OCH3 is 1. The van der Waals surface area contributed by atoms with Crippen molar-refractivity contribution in [2.24, 2.45) is 0 Å². The number of esters is 1. The van der Waals surface area contributed by atoms with Crippen LogP contribution in [0.1, 0.15) is 42.1 Å². The van der Waals surface area contributed by atoms with Crippen LogP contribution in [-0.4, -0.2) is 30.6 Å². The number of rotatable bonds is 3. The summed E-state index contributed by atoms with van der Waals surface area (Å²) in [5.41, 5.74) is 1.81. The molecule has 1 unspecified atom stereocenters. The van der Waals surface area contributed by atoms with Crippen LogP contribution in [0.5, 0.6) is 0 Å². The van der Waals surface area contributed by atoms with Gasteiger partial charge in [0.2, 0.25) is 0 Å². The van der Waals surface area contributed by atoms with Crippen molar-refractivity contribution >= 4 is 21.9 Å². The van der Waals surface area contributed by atoms with Crippen LogP contribution in [0, 0.1) is 0 Å². The molecule has 104 valence electrons. The average Bonchev–Trinajstić information content (AvgIpc) is 2.41. The van der Waals surface area contributed by atoms with Gasteiger partial charge >= 0.3 is 5.97 Å². The maximum absolute atomic E-state index is 11.5. The zero-order chi connectivity index (χ0) is 13.8. The summed E-state index contributed by atoms with van der Waals surface area (Å²) >= 11 is 3.45. The number of benzene rings is 1. The number of likely N-dealkylation sites (tertiary alicyclic amines) is 1. The Morgan fingerprint density at radius 2 is 2.26 bits per heavy atom. The van der Waals surface area contributed by atoms with Gasteiger partial charge in [0.1, 0.15) is 0 Å². The fourth-order valence-electron chi connectivity index (χ4n) is 2.56. The predicted octanol–water partition coefficient (Wildman–Crippen LogP) is 3.61. The SMILES string of the molecule is COC(=O)c1ccc(CN2CCCCC2C)cc1Br. The lowest BCUT2D eigenvalue weighted by Gasteiger charge is -2.33. The molecule has 1 saturated heterocycles. The van der Waals surface area contributed by atoms with E-state index in [2.05, 4.69) is 27.8 Å². The second kappa shape index (κ2) is 6.53. The summed E-state index contributed by atoms with van der Waals surface area (Å²) in [6, 6.07) is 6.51. The lowest BCUT2D eigenvalue weighted by atomic mass is 10.0. The zero-order valence-corrected chi connectivity index (χ0v) is 13.1. The molecule has 1 heterocycles. The maximum atomic E-state index is 11.5. The van der Waals surface area contributed by atoms with E-state index >= 15 is 0 Å². The standard InChI is InChI=1S/C15H20BrNO2/c1-11-5-3-4-8-17(11)10-12-6-7-13(14(16)9-12)15(18)19-2/h6-7,9,11H,3-5,8,10H2,1-2H3. The number of hydrogen-bond donors (Lipinski definition) is 0. The van der Waals surface area contributed by atoms with Gasteiger partial charge in [-0.1, -0.05) is 12.5 Å². The number of piperidine rings is 1. The Hall–Kier alpha value is -0.870. The summed E-state index contributed by atoms with van der Waals surface area (Å²) in [5, 5.41) is 0. The van der Waals surface area contributed by atoms with Gasteiger partial charge in [0.15, 0.2) is 0 Å². The second-order valence-corrected chi connectivity index (χ2v) is 5.98. The van der Waals surface area contributed by atoms with Gasteiger partial charge in [-0.2, -0.15) is 0 Å². The first kappa shape index (κ1) is 14.5. The van der Waals surface area contributed by atoms with Gasteiger partial charge in [-0.15, -0.1) is 0 Å². The quantitative estimate of drug-likeness (QED) is 0.795. The first-order valence-corrected chi connectivity index (χ1v) is 7.52. The third-order valence-electron chi connectivity index (χ3n) is 3.77. The molecule has 1 aliphatic heterocycles. The van der Waals surface area contributed by atoms with Gasteiger partial charge in [0, 0.05) is 17.1 Å². The molecule has 0 bridgehead atoms. The van der Waals surface area contributed by atoms with Crippen LogP contribution in [0.3, 0.4) is 0 Å². The molecular formula is C15H20BrNO2. The number of ether oxygens (including phenoxy) is 1. The van der Waals surface area contributed by atoms with Crippen molar-refractivity contribution in [3.05, 3.63) is 33.8 Å². The normalized spacial score (nSPS) is 20.3. The van der Waals surface area contributed by atoms with Crippen molar-refractivity contribution in [1.29, 1.82) is 0 Å². The van der Waals surface area contributed by atoms with Gasteiger partial charge < -0.3 is 4.74 Å². The third-order valence-corrected chi connectivity index (χ3v) is 4.42. The third kappa shape index (κ3) is 3.57. The molecule has 3 nitrogen and oxygen atoms in total. The van der Waals surface area contributed by atoms with Crippen LogP contribution in [-0.2, 0) is 11.3 Å². The molecule has 1 aliphatic rings. The summed E-state index contributed by atoms with van der Waals surface area (Å²) < 4.78 is 5.55. The molecule has 0 N–H and O–H groups in total. The fourth-order valence-corrected chi connectivity index (χ4v) is 3.15. The highest BCUT2D eigenvalue weighted by Crippen LogP contribution is 2.23. The Labute approximate surface area is 123 Å². The molecule has 0 amide bonds. The van der Waals surface area contributed by atoms with Crippen LogP contribution < -0.4 is 0 Å². The van der Waals surface area contributed by atoms with Crippen molar-refractivity contribution in [1.82, 2.24) is 4.90 Å². The topological polar surface area (TPSA) is 29.5 Å². The van der Waals surface area contributed by atoms with E-state index in [9.17, 15) is 4.79 Å². The molecule has 1 aromatic carbocycles. The van der Waals surface area contributed by atoms with Crippen molar-refractivity contribution < 1.29 is 9.53 Å². The van der Waals surface area contributed by atoms with Crippen LogP contribution in [0.15, 0.2) is 22.7 Å². The molecule has 0 aliphatic carbocycles. The van der Waals surface area contributed by atoms with Crippen LogP contribution in [0.2, 0.25) is 0 Å². The smallest absolute Gasteiger partial charge is 0.338 e. The van der Waals surface area contributed by atoms with Gasteiger partial charge in [0.25, 0.3) is 0 Å². The van der Waals surface area contributed by atoms with E-state index in [1.54, 1.807) is 0 Å². The van der Waals surface area contributed by atoms with E-state index in [-0.39, 0.29) is 5.97 Å². The van der Waals surface area contributed by atoms with Crippen molar-refractivity contribution in [2.75, 3.05) is 13.7 Å². The van der Waals surface area contributed by atoms with Crippen LogP contribution in [0.4, 0.5) is 0 Å². The van der Waals surface area contributed by atoms with Gasteiger partial charge in [-0.05, 0) is 59.9 Å². The summed E-state index contributed by atoms with van der Waals surface area (Å²) in [5.74, 6) is -0.301. The van der Waals surface area contributed by atoms with E-state index < -0.39 is 0 Å². The minimum atomic E-state index is -0.301. The molecule has 0 spiro atoms. The maximum Gasteiger partial charge on any atom is 0.338 e. The number of halogens is 1. The molecule has 1 atom stereocenters. The number of carbonyl (C=O) groups excluding carboxylic acids is 1. The Morgan fingerprint density at radius 1 is 1.47 bits per heavy atom. The molecule has 1 fully saturated rings. The first-order chi connectivity index (χ1) is 9.11. The lowest BCUT2D eigenvalue weighted by Crippen LogP contribution is -2.36. The van der Waals surface area contributed by atoms with E-state index in [1.165, 1.54) is 31.9 Å². The van der Waals surface area contributed by atoms with Crippen molar-refractivity contribution in [3.8, 4) is 0 Å². The van der Waals surface area contributed by atoms with Gasteiger partial charge in [0.05, 0.1) is 12.7 Å². The molecule has 0 radical (unpaired) electrons. The van der Waals surface area contributed by atoms with Gasteiger partial charge in [-0.25, -0.2) is 4.79 Å².